The third-order valence-corrected chi connectivity index (χ3v) is 6.99. The highest BCUT2D eigenvalue weighted by Gasteiger charge is 2.30. The van der Waals surface area contributed by atoms with Crippen molar-refractivity contribution in [1.82, 2.24) is 9.80 Å². The molecule has 0 atom stereocenters. The van der Waals surface area contributed by atoms with E-state index in [1.54, 1.807) is 40.1 Å². The van der Waals surface area contributed by atoms with E-state index in [9.17, 15) is 18.0 Å². The first-order chi connectivity index (χ1) is 13.8. The lowest BCUT2D eigenvalue weighted by molar-refractivity contribution is -0.133. The molecule has 0 saturated carbocycles. The monoisotopic (exact) mass is 415 g/mol. The Kier molecular flexibility index (Phi) is 6.22. The molecule has 7 nitrogen and oxygen atoms in total. The molecule has 1 saturated heterocycles. The predicted molar refractivity (Wildman–Crippen MR) is 111 cm³/mol. The maximum Gasteiger partial charge on any atom is 0.264 e. The second-order valence-corrected chi connectivity index (χ2v) is 8.98. The molecular formula is C21H25N3O4S. The Hall–Kier alpha value is -2.87. The number of anilines is 1. The fraction of sp³-hybridized carbons (Fsp3) is 0.333. The molecular weight excluding hydrogens is 390 g/mol. The summed E-state index contributed by atoms with van der Waals surface area (Å²) < 4.78 is 27.9. The molecule has 0 N–H and O–H groups in total. The molecule has 0 aliphatic carbocycles. The molecule has 1 aliphatic rings. The summed E-state index contributed by atoms with van der Waals surface area (Å²) in [6, 6.07) is 13.5. The van der Waals surface area contributed by atoms with Crippen LogP contribution in [0, 0.1) is 13.8 Å². The standard InChI is InChI=1S/C21H25N3O4S/c1-17-8-9-19(14-18(17)2)24(29(27,28)20-6-4-3-5-7-20)15-21(26)23-12-10-22(16-25)11-13-23/h3-9,14,16H,10-13,15H2,1-2H3. The highest BCUT2D eigenvalue weighted by atomic mass is 32.2. The van der Waals surface area contributed by atoms with Gasteiger partial charge >= 0.3 is 0 Å². The molecule has 3 rings (SSSR count). The molecule has 2 aromatic carbocycles. The van der Waals surface area contributed by atoms with Crippen LogP contribution in [0.15, 0.2) is 53.4 Å². The number of nitrogens with zero attached hydrogens (tertiary/aromatic N) is 3. The van der Waals surface area contributed by atoms with Gasteiger partial charge in [-0.15, -0.1) is 0 Å². The van der Waals surface area contributed by atoms with Crippen LogP contribution >= 0.6 is 0 Å². The molecule has 1 aliphatic heterocycles. The minimum atomic E-state index is -3.91. The van der Waals surface area contributed by atoms with E-state index in [1.807, 2.05) is 19.9 Å². The average Bonchev–Trinajstić information content (AvgIpc) is 2.74. The van der Waals surface area contributed by atoms with Gasteiger partial charge in [-0.05, 0) is 49.2 Å². The number of hydrogen-bond donors (Lipinski definition) is 0. The van der Waals surface area contributed by atoms with E-state index in [2.05, 4.69) is 0 Å². The summed E-state index contributed by atoms with van der Waals surface area (Å²) in [6.45, 7) is 5.25. The summed E-state index contributed by atoms with van der Waals surface area (Å²) in [7, 11) is -3.91. The van der Waals surface area contributed by atoms with Gasteiger partial charge in [0.25, 0.3) is 10.0 Å². The van der Waals surface area contributed by atoms with Crippen molar-refractivity contribution < 1.29 is 18.0 Å². The van der Waals surface area contributed by atoms with Gasteiger partial charge in [0.05, 0.1) is 10.6 Å². The largest absolute Gasteiger partial charge is 0.342 e. The molecule has 0 bridgehead atoms. The van der Waals surface area contributed by atoms with Crippen LogP contribution in [0.4, 0.5) is 5.69 Å². The van der Waals surface area contributed by atoms with Crippen molar-refractivity contribution in [3.05, 3.63) is 59.7 Å². The molecule has 1 heterocycles. The number of carbonyl (C=O) groups is 2. The van der Waals surface area contributed by atoms with Crippen molar-refractivity contribution >= 4 is 28.0 Å². The lowest BCUT2D eigenvalue weighted by Gasteiger charge is -2.34. The number of rotatable bonds is 6. The van der Waals surface area contributed by atoms with E-state index in [-0.39, 0.29) is 17.3 Å². The van der Waals surface area contributed by atoms with Crippen LogP contribution in [0.5, 0.6) is 0 Å². The van der Waals surface area contributed by atoms with Crippen molar-refractivity contribution in [3.8, 4) is 0 Å². The second kappa shape index (κ2) is 8.65. The molecule has 8 heteroatoms. The summed E-state index contributed by atoms with van der Waals surface area (Å²) in [6.07, 6.45) is 0.767. The number of amides is 2. The van der Waals surface area contributed by atoms with E-state index < -0.39 is 10.0 Å². The minimum Gasteiger partial charge on any atom is -0.342 e. The first-order valence-electron chi connectivity index (χ1n) is 9.45. The van der Waals surface area contributed by atoms with E-state index in [1.165, 1.54) is 16.4 Å². The zero-order valence-electron chi connectivity index (χ0n) is 16.6. The number of piperazine rings is 1. The van der Waals surface area contributed by atoms with Gasteiger partial charge in [-0.3, -0.25) is 13.9 Å². The first-order valence-corrected chi connectivity index (χ1v) is 10.9. The molecule has 0 spiro atoms. The Bertz CT molecular complexity index is 984. The highest BCUT2D eigenvalue weighted by Crippen LogP contribution is 2.26. The highest BCUT2D eigenvalue weighted by molar-refractivity contribution is 7.92. The van der Waals surface area contributed by atoms with Crippen molar-refractivity contribution in [1.29, 1.82) is 0 Å². The Balaban J connectivity index is 1.92. The number of carbonyl (C=O) groups excluding carboxylic acids is 2. The van der Waals surface area contributed by atoms with E-state index in [0.717, 1.165) is 17.5 Å². The summed E-state index contributed by atoms with van der Waals surface area (Å²) in [4.78, 5) is 27.1. The first kappa shape index (κ1) is 20.9. The normalized spacial score (nSPS) is 14.6. The zero-order valence-corrected chi connectivity index (χ0v) is 17.4. The maximum absolute atomic E-state index is 13.3. The Morgan fingerprint density at radius 1 is 1.00 bits per heavy atom. The lowest BCUT2D eigenvalue weighted by atomic mass is 10.1. The quantitative estimate of drug-likeness (QED) is 0.674. The molecule has 2 aromatic rings. The lowest BCUT2D eigenvalue weighted by Crippen LogP contribution is -2.51. The van der Waals surface area contributed by atoms with Crippen LogP contribution in [0.2, 0.25) is 0 Å². The Morgan fingerprint density at radius 3 is 2.24 bits per heavy atom. The van der Waals surface area contributed by atoms with Crippen LogP contribution in [0.1, 0.15) is 11.1 Å². The third kappa shape index (κ3) is 4.59. The van der Waals surface area contributed by atoms with Crippen LogP contribution in [-0.2, 0) is 19.6 Å². The van der Waals surface area contributed by atoms with Crippen LogP contribution < -0.4 is 4.31 Å². The molecule has 0 unspecified atom stereocenters. The fourth-order valence-electron chi connectivity index (χ4n) is 3.22. The van der Waals surface area contributed by atoms with Gasteiger partial charge in [0.15, 0.2) is 0 Å². The summed E-state index contributed by atoms with van der Waals surface area (Å²) in [5.41, 5.74) is 2.45. The van der Waals surface area contributed by atoms with Gasteiger partial charge in [0, 0.05) is 26.2 Å². The molecule has 1 fully saturated rings. The molecule has 29 heavy (non-hydrogen) atoms. The molecule has 154 valence electrons. The predicted octanol–water partition coefficient (Wildman–Crippen LogP) is 1.80. The van der Waals surface area contributed by atoms with Crippen molar-refractivity contribution in [3.63, 3.8) is 0 Å². The summed E-state index contributed by atoms with van der Waals surface area (Å²) in [5, 5.41) is 0. The zero-order chi connectivity index (χ0) is 21.0. The van der Waals surface area contributed by atoms with Crippen molar-refractivity contribution in [2.24, 2.45) is 0 Å². The number of aryl methyl sites for hydroxylation is 2. The van der Waals surface area contributed by atoms with E-state index >= 15 is 0 Å². The molecule has 0 aromatic heterocycles. The van der Waals surface area contributed by atoms with Gasteiger partial charge in [-0.1, -0.05) is 24.3 Å². The number of sulfonamides is 1. The average molecular weight is 416 g/mol. The van der Waals surface area contributed by atoms with E-state index in [0.29, 0.717) is 31.9 Å². The van der Waals surface area contributed by atoms with Gasteiger partial charge in [-0.25, -0.2) is 8.42 Å². The van der Waals surface area contributed by atoms with Crippen LogP contribution in [-0.4, -0.2) is 63.3 Å². The topological polar surface area (TPSA) is 78.0 Å². The smallest absolute Gasteiger partial charge is 0.264 e. The van der Waals surface area contributed by atoms with Crippen molar-refractivity contribution in [2.45, 2.75) is 18.7 Å². The van der Waals surface area contributed by atoms with E-state index in [4.69, 9.17) is 0 Å². The minimum absolute atomic E-state index is 0.136. The van der Waals surface area contributed by atoms with Crippen LogP contribution in [0.3, 0.4) is 0 Å². The molecule has 2 amide bonds. The fourth-order valence-corrected chi connectivity index (χ4v) is 4.64. The Labute approximate surface area is 171 Å². The summed E-state index contributed by atoms with van der Waals surface area (Å²) >= 11 is 0. The number of hydrogen-bond acceptors (Lipinski definition) is 4. The Morgan fingerprint density at radius 2 is 1.66 bits per heavy atom. The van der Waals surface area contributed by atoms with Gasteiger partial charge in [0.2, 0.25) is 12.3 Å². The van der Waals surface area contributed by atoms with Crippen LogP contribution in [0.25, 0.3) is 0 Å². The number of benzene rings is 2. The summed E-state index contributed by atoms with van der Waals surface area (Å²) in [5.74, 6) is -0.284. The maximum atomic E-state index is 13.3. The third-order valence-electron chi connectivity index (χ3n) is 5.20. The van der Waals surface area contributed by atoms with Gasteiger partial charge in [-0.2, -0.15) is 0 Å². The second-order valence-electron chi connectivity index (χ2n) is 7.12. The van der Waals surface area contributed by atoms with Gasteiger partial charge in [0.1, 0.15) is 6.54 Å². The SMILES string of the molecule is Cc1ccc(N(CC(=O)N2CCN(C=O)CC2)S(=O)(=O)c2ccccc2)cc1C. The van der Waals surface area contributed by atoms with Crippen molar-refractivity contribution in [2.75, 3.05) is 37.0 Å². The van der Waals surface area contributed by atoms with Gasteiger partial charge < -0.3 is 9.80 Å². The molecule has 0 radical (unpaired) electrons.